The van der Waals surface area contributed by atoms with Crippen LogP contribution in [0.4, 0.5) is 5.82 Å². The van der Waals surface area contributed by atoms with Gasteiger partial charge in [0.25, 0.3) is 0 Å². The lowest BCUT2D eigenvalue weighted by Crippen LogP contribution is -2.51. The van der Waals surface area contributed by atoms with Crippen LogP contribution < -0.4 is 10.2 Å². The molecule has 1 fully saturated rings. The summed E-state index contributed by atoms with van der Waals surface area (Å²) >= 11 is 6.05. The number of rotatable bonds is 6. The molecule has 1 amide bonds. The number of benzene rings is 1. The Labute approximate surface area is 208 Å². The highest BCUT2D eigenvalue weighted by molar-refractivity contribution is 6.30. The number of anilines is 1. The number of aromatic nitrogens is 2. The van der Waals surface area contributed by atoms with Crippen LogP contribution in [0.2, 0.25) is 5.02 Å². The van der Waals surface area contributed by atoms with Crippen LogP contribution in [0.3, 0.4) is 0 Å². The second-order valence-electron chi connectivity index (χ2n) is 8.22. The average molecular weight is 501 g/mol. The number of amides is 1. The molecule has 32 heavy (non-hydrogen) atoms. The first-order chi connectivity index (χ1) is 14.6. The van der Waals surface area contributed by atoms with Crippen molar-refractivity contribution in [2.45, 2.75) is 38.5 Å². The molecule has 1 aromatic heterocycles. The van der Waals surface area contributed by atoms with E-state index in [1.165, 1.54) is 11.3 Å². The quantitative estimate of drug-likeness (QED) is 0.648. The van der Waals surface area contributed by atoms with Crippen LogP contribution in [0.5, 0.6) is 0 Å². The number of halogens is 3. The molecule has 2 atom stereocenters. The van der Waals surface area contributed by atoms with E-state index in [4.69, 9.17) is 11.6 Å². The van der Waals surface area contributed by atoms with Crippen LogP contribution in [0.25, 0.3) is 0 Å². The van der Waals surface area contributed by atoms with Gasteiger partial charge in [-0.1, -0.05) is 37.6 Å². The van der Waals surface area contributed by atoms with Crippen LogP contribution in [-0.2, 0) is 11.2 Å². The van der Waals surface area contributed by atoms with Crippen LogP contribution in [0.1, 0.15) is 48.9 Å². The summed E-state index contributed by atoms with van der Waals surface area (Å²) in [6, 6.07) is 7.64. The molecule has 0 bridgehead atoms. The van der Waals surface area contributed by atoms with Gasteiger partial charge in [-0.15, -0.1) is 24.8 Å². The Bertz CT molecular complexity index is 888. The van der Waals surface area contributed by atoms with Gasteiger partial charge >= 0.3 is 0 Å². The zero-order chi connectivity index (χ0) is 21.1. The summed E-state index contributed by atoms with van der Waals surface area (Å²) in [5.74, 6) is 1.56. The van der Waals surface area contributed by atoms with E-state index in [0.717, 1.165) is 43.9 Å². The normalized spacial score (nSPS) is 18.4. The van der Waals surface area contributed by atoms with Gasteiger partial charge in [0.15, 0.2) is 0 Å². The Morgan fingerprint density at radius 1 is 1.16 bits per heavy atom. The number of aryl methyl sites for hydroxylation is 1. The first kappa shape index (κ1) is 26.7. The van der Waals surface area contributed by atoms with Crippen molar-refractivity contribution in [3.8, 4) is 0 Å². The van der Waals surface area contributed by atoms with Gasteiger partial charge in [-0.2, -0.15) is 0 Å². The Morgan fingerprint density at radius 3 is 2.50 bits per heavy atom. The zero-order valence-corrected chi connectivity index (χ0v) is 21.0. The van der Waals surface area contributed by atoms with Crippen molar-refractivity contribution in [2.75, 3.05) is 44.2 Å². The lowest BCUT2D eigenvalue weighted by molar-refractivity contribution is -0.133. The second kappa shape index (κ2) is 12.0. The Balaban J connectivity index is 0.00000181. The van der Waals surface area contributed by atoms with Gasteiger partial charge in [-0.25, -0.2) is 9.97 Å². The van der Waals surface area contributed by atoms with Crippen LogP contribution >= 0.6 is 36.4 Å². The number of fused-ring (bicyclic) bond motifs is 1. The predicted octanol–water partition coefficient (Wildman–Crippen LogP) is 4.07. The molecule has 2 heterocycles. The molecule has 2 aromatic rings. The number of piperazine rings is 1. The largest absolute Gasteiger partial charge is 0.353 e. The highest BCUT2D eigenvalue weighted by Gasteiger charge is 2.31. The SMILES string of the molecule is CCNCC(C(=O)N1CCN(c2ncnc3c2[C@H](C)CC3)CC1)c1ccc(Cl)cc1.Cl.Cl. The van der Waals surface area contributed by atoms with Gasteiger partial charge in [-0.3, -0.25) is 4.79 Å². The summed E-state index contributed by atoms with van der Waals surface area (Å²) in [6.45, 7) is 8.81. The second-order valence-corrected chi connectivity index (χ2v) is 8.66. The highest BCUT2D eigenvalue weighted by Crippen LogP contribution is 2.37. The molecule has 1 aliphatic carbocycles. The summed E-state index contributed by atoms with van der Waals surface area (Å²) in [7, 11) is 0. The number of nitrogens with one attached hydrogen (secondary N) is 1. The maximum absolute atomic E-state index is 13.4. The third-order valence-corrected chi connectivity index (χ3v) is 6.56. The molecule has 1 aromatic carbocycles. The fraction of sp³-hybridized carbons (Fsp3) is 0.522. The Kier molecular flexibility index (Phi) is 10.0. The minimum absolute atomic E-state index is 0. The van der Waals surface area contributed by atoms with Gasteiger partial charge in [0.2, 0.25) is 5.91 Å². The maximum atomic E-state index is 13.4. The predicted molar refractivity (Wildman–Crippen MR) is 135 cm³/mol. The van der Waals surface area contributed by atoms with E-state index in [-0.39, 0.29) is 36.6 Å². The van der Waals surface area contributed by atoms with Gasteiger partial charge < -0.3 is 15.1 Å². The van der Waals surface area contributed by atoms with Crippen LogP contribution in [0.15, 0.2) is 30.6 Å². The molecule has 2 aliphatic rings. The lowest BCUT2D eigenvalue weighted by Gasteiger charge is -2.38. The number of likely N-dealkylation sites (N-methyl/N-ethyl adjacent to an activating group) is 1. The highest BCUT2D eigenvalue weighted by atomic mass is 35.5. The molecule has 4 rings (SSSR count). The molecular formula is C23H32Cl3N5O. The van der Waals surface area contributed by atoms with E-state index in [0.29, 0.717) is 30.6 Å². The summed E-state index contributed by atoms with van der Waals surface area (Å²) < 4.78 is 0. The summed E-state index contributed by atoms with van der Waals surface area (Å²) in [5.41, 5.74) is 3.51. The van der Waals surface area contributed by atoms with Crippen molar-refractivity contribution in [3.63, 3.8) is 0 Å². The number of hydrogen-bond donors (Lipinski definition) is 1. The summed E-state index contributed by atoms with van der Waals surface area (Å²) in [6.07, 6.45) is 3.88. The Hall–Kier alpha value is -1.60. The molecule has 1 N–H and O–H groups in total. The first-order valence-corrected chi connectivity index (χ1v) is 11.3. The molecule has 0 radical (unpaired) electrons. The minimum atomic E-state index is -0.197. The molecule has 1 aliphatic heterocycles. The molecule has 9 heteroatoms. The molecular weight excluding hydrogens is 469 g/mol. The van der Waals surface area contributed by atoms with Crippen molar-refractivity contribution in [2.24, 2.45) is 0 Å². The van der Waals surface area contributed by atoms with Crippen LogP contribution in [-0.4, -0.2) is 60.0 Å². The topological polar surface area (TPSA) is 61.4 Å². The number of carbonyl (C=O) groups excluding carboxylic acids is 1. The average Bonchev–Trinajstić information content (AvgIpc) is 3.16. The number of nitrogens with zero attached hydrogens (tertiary/aromatic N) is 4. The Morgan fingerprint density at radius 2 is 1.84 bits per heavy atom. The zero-order valence-electron chi connectivity index (χ0n) is 18.6. The standard InChI is InChI=1S/C23H30ClN5O.2ClH/c1-3-25-14-19(17-5-7-18(24)8-6-17)23(30)29-12-10-28(11-13-29)22-21-16(2)4-9-20(21)26-15-27-22;;/h5-8,15-16,19,25H,3-4,9-14H2,1-2H3;2*1H/t16-,19?;;/m1../s1. The van der Waals surface area contributed by atoms with E-state index < -0.39 is 0 Å². The number of hydrogen-bond acceptors (Lipinski definition) is 5. The summed E-state index contributed by atoms with van der Waals surface area (Å²) in [5, 5.41) is 4.03. The molecule has 0 saturated carbocycles. The van der Waals surface area contributed by atoms with Crippen molar-refractivity contribution in [3.05, 3.63) is 52.4 Å². The van der Waals surface area contributed by atoms with Crippen molar-refractivity contribution in [1.29, 1.82) is 0 Å². The van der Waals surface area contributed by atoms with Gasteiger partial charge in [0.1, 0.15) is 12.1 Å². The van der Waals surface area contributed by atoms with E-state index in [1.807, 2.05) is 29.2 Å². The molecule has 176 valence electrons. The van der Waals surface area contributed by atoms with Gasteiger partial charge in [-0.05, 0) is 43.0 Å². The fourth-order valence-electron chi connectivity index (χ4n) is 4.57. The molecule has 1 unspecified atom stereocenters. The summed E-state index contributed by atoms with van der Waals surface area (Å²) in [4.78, 5) is 26.8. The van der Waals surface area contributed by atoms with E-state index >= 15 is 0 Å². The fourth-order valence-corrected chi connectivity index (χ4v) is 4.69. The molecule has 1 saturated heterocycles. The lowest BCUT2D eigenvalue weighted by atomic mass is 9.97. The third kappa shape index (κ3) is 5.66. The van der Waals surface area contributed by atoms with Crippen LogP contribution in [0, 0.1) is 0 Å². The van der Waals surface area contributed by atoms with E-state index in [1.54, 1.807) is 6.33 Å². The molecule has 0 spiro atoms. The van der Waals surface area contributed by atoms with E-state index in [9.17, 15) is 4.79 Å². The molecule has 6 nitrogen and oxygen atoms in total. The van der Waals surface area contributed by atoms with Gasteiger partial charge in [0, 0.05) is 49.0 Å². The number of carbonyl (C=O) groups is 1. The van der Waals surface area contributed by atoms with Crippen molar-refractivity contribution >= 4 is 48.1 Å². The third-order valence-electron chi connectivity index (χ3n) is 6.31. The first-order valence-electron chi connectivity index (χ1n) is 10.9. The van der Waals surface area contributed by atoms with Gasteiger partial charge in [0.05, 0.1) is 5.92 Å². The monoisotopic (exact) mass is 499 g/mol. The maximum Gasteiger partial charge on any atom is 0.231 e. The van der Waals surface area contributed by atoms with Crippen molar-refractivity contribution in [1.82, 2.24) is 20.2 Å². The van der Waals surface area contributed by atoms with Crippen molar-refractivity contribution < 1.29 is 4.79 Å². The minimum Gasteiger partial charge on any atom is -0.353 e. The van der Waals surface area contributed by atoms with E-state index in [2.05, 4.69) is 34.0 Å². The smallest absolute Gasteiger partial charge is 0.231 e.